The third-order valence-electron chi connectivity index (χ3n) is 5.86. The predicted octanol–water partition coefficient (Wildman–Crippen LogP) is 5.81. The highest BCUT2D eigenvalue weighted by Crippen LogP contribution is 2.25. The van der Waals surface area contributed by atoms with E-state index in [1.807, 2.05) is 56.3 Å². The van der Waals surface area contributed by atoms with Crippen molar-refractivity contribution in [2.24, 2.45) is 0 Å². The second-order valence-electron chi connectivity index (χ2n) is 8.49. The number of benzene rings is 3. The standard InChI is InChI=1S/C27H29N3O/c1-17-9-8-10-22(15-17)27(31)28-21(5)26-29-24-11-6-7-12-25(24)30(26)16-23-19(3)13-18(2)14-20(23)4/h6-15,21H,16H2,1-5H3,(H,28,31). The molecule has 1 atom stereocenters. The molecule has 3 aromatic carbocycles. The number of para-hydroxylation sites is 2. The van der Waals surface area contributed by atoms with E-state index in [0.717, 1.165) is 29.0 Å². The number of aryl methyl sites for hydroxylation is 4. The van der Waals surface area contributed by atoms with E-state index in [-0.39, 0.29) is 11.9 Å². The Morgan fingerprint density at radius 2 is 1.65 bits per heavy atom. The summed E-state index contributed by atoms with van der Waals surface area (Å²) in [5.74, 6) is 0.777. The number of carbonyl (C=O) groups excluding carboxylic acids is 1. The van der Waals surface area contributed by atoms with Crippen molar-refractivity contribution in [2.45, 2.75) is 47.2 Å². The molecule has 0 saturated heterocycles. The fourth-order valence-corrected chi connectivity index (χ4v) is 4.34. The van der Waals surface area contributed by atoms with Gasteiger partial charge in [0.25, 0.3) is 5.91 Å². The maximum absolute atomic E-state index is 12.9. The Kier molecular flexibility index (Phi) is 5.64. The van der Waals surface area contributed by atoms with Gasteiger partial charge in [-0.15, -0.1) is 0 Å². The molecule has 0 aliphatic rings. The van der Waals surface area contributed by atoms with Crippen molar-refractivity contribution in [3.8, 4) is 0 Å². The number of nitrogens with zero attached hydrogens (tertiary/aromatic N) is 2. The van der Waals surface area contributed by atoms with Gasteiger partial charge in [0.1, 0.15) is 5.82 Å². The van der Waals surface area contributed by atoms with Crippen LogP contribution in [-0.2, 0) is 6.54 Å². The van der Waals surface area contributed by atoms with Crippen LogP contribution in [0.3, 0.4) is 0 Å². The number of hydrogen-bond acceptors (Lipinski definition) is 2. The molecule has 1 N–H and O–H groups in total. The molecule has 4 rings (SSSR count). The third kappa shape index (κ3) is 4.24. The normalized spacial score (nSPS) is 12.2. The molecular weight excluding hydrogens is 382 g/mol. The van der Waals surface area contributed by atoms with Crippen LogP contribution in [0.2, 0.25) is 0 Å². The van der Waals surface area contributed by atoms with Crippen molar-refractivity contribution in [1.29, 1.82) is 0 Å². The smallest absolute Gasteiger partial charge is 0.251 e. The van der Waals surface area contributed by atoms with Crippen LogP contribution < -0.4 is 5.32 Å². The van der Waals surface area contributed by atoms with Gasteiger partial charge < -0.3 is 9.88 Å². The van der Waals surface area contributed by atoms with E-state index >= 15 is 0 Å². The first-order valence-electron chi connectivity index (χ1n) is 10.7. The lowest BCUT2D eigenvalue weighted by Gasteiger charge is -2.19. The van der Waals surface area contributed by atoms with Crippen molar-refractivity contribution in [1.82, 2.24) is 14.9 Å². The lowest BCUT2D eigenvalue weighted by molar-refractivity contribution is 0.0937. The largest absolute Gasteiger partial charge is 0.342 e. The minimum Gasteiger partial charge on any atom is -0.342 e. The topological polar surface area (TPSA) is 46.9 Å². The number of amides is 1. The van der Waals surface area contributed by atoms with Crippen molar-refractivity contribution in [3.63, 3.8) is 0 Å². The van der Waals surface area contributed by atoms with Crippen LogP contribution in [0.4, 0.5) is 0 Å². The first-order chi connectivity index (χ1) is 14.8. The van der Waals surface area contributed by atoms with Gasteiger partial charge >= 0.3 is 0 Å². The molecule has 0 spiro atoms. The lowest BCUT2D eigenvalue weighted by Crippen LogP contribution is -2.29. The van der Waals surface area contributed by atoms with Crippen LogP contribution in [-0.4, -0.2) is 15.5 Å². The summed E-state index contributed by atoms with van der Waals surface area (Å²) in [5.41, 5.74) is 8.87. The van der Waals surface area contributed by atoms with E-state index < -0.39 is 0 Å². The van der Waals surface area contributed by atoms with E-state index in [1.165, 1.54) is 22.3 Å². The lowest BCUT2D eigenvalue weighted by atomic mass is 9.99. The summed E-state index contributed by atoms with van der Waals surface area (Å²) in [5, 5.41) is 3.14. The van der Waals surface area contributed by atoms with Gasteiger partial charge in [0.15, 0.2) is 0 Å². The van der Waals surface area contributed by atoms with Crippen LogP contribution in [0, 0.1) is 27.7 Å². The van der Waals surface area contributed by atoms with Crippen LogP contribution in [0.25, 0.3) is 11.0 Å². The third-order valence-corrected chi connectivity index (χ3v) is 5.86. The summed E-state index contributed by atoms with van der Waals surface area (Å²) in [6, 6.07) is 20.0. The molecule has 4 nitrogen and oxygen atoms in total. The molecule has 0 aliphatic carbocycles. The van der Waals surface area contributed by atoms with Gasteiger partial charge in [-0.05, 0) is 75.6 Å². The van der Waals surface area contributed by atoms with Crippen LogP contribution in [0.5, 0.6) is 0 Å². The Hall–Kier alpha value is -3.40. The molecule has 1 unspecified atom stereocenters. The molecule has 31 heavy (non-hydrogen) atoms. The molecule has 1 heterocycles. The molecule has 1 aromatic heterocycles. The van der Waals surface area contributed by atoms with E-state index in [0.29, 0.717) is 5.56 Å². The molecule has 1 amide bonds. The zero-order valence-electron chi connectivity index (χ0n) is 18.9. The van der Waals surface area contributed by atoms with E-state index in [4.69, 9.17) is 4.98 Å². The molecule has 4 aromatic rings. The maximum Gasteiger partial charge on any atom is 0.251 e. The average molecular weight is 412 g/mol. The first-order valence-corrected chi connectivity index (χ1v) is 10.7. The molecule has 0 fully saturated rings. The monoisotopic (exact) mass is 411 g/mol. The highest BCUT2D eigenvalue weighted by molar-refractivity contribution is 5.94. The van der Waals surface area contributed by atoms with Crippen LogP contribution in [0.15, 0.2) is 60.7 Å². The van der Waals surface area contributed by atoms with Crippen molar-refractivity contribution >= 4 is 16.9 Å². The van der Waals surface area contributed by atoms with Gasteiger partial charge in [-0.1, -0.05) is 47.5 Å². The highest BCUT2D eigenvalue weighted by Gasteiger charge is 2.20. The summed E-state index contributed by atoms with van der Waals surface area (Å²) < 4.78 is 2.24. The number of hydrogen-bond donors (Lipinski definition) is 1. The summed E-state index contributed by atoms with van der Waals surface area (Å²) in [6.07, 6.45) is 0. The Labute approximate surface area is 183 Å². The fraction of sp³-hybridized carbons (Fsp3) is 0.259. The minimum absolute atomic E-state index is 0.0856. The van der Waals surface area contributed by atoms with Crippen LogP contribution >= 0.6 is 0 Å². The summed E-state index contributed by atoms with van der Waals surface area (Å²) in [7, 11) is 0. The Morgan fingerprint density at radius 1 is 0.935 bits per heavy atom. The van der Waals surface area contributed by atoms with E-state index in [2.05, 4.69) is 48.9 Å². The van der Waals surface area contributed by atoms with Crippen molar-refractivity contribution < 1.29 is 4.79 Å². The first kappa shape index (κ1) is 20.9. The second-order valence-corrected chi connectivity index (χ2v) is 8.49. The van der Waals surface area contributed by atoms with Gasteiger partial charge in [0, 0.05) is 12.1 Å². The summed E-state index contributed by atoms with van der Waals surface area (Å²) in [4.78, 5) is 17.8. The van der Waals surface area contributed by atoms with Gasteiger partial charge in [-0.2, -0.15) is 0 Å². The summed E-state index contributed by atoms with van der Waals surface area (Å²) >= 11 is 0. The molecule has 158 valence electrons. The number of rotatable bonds is 5. The van der Waals surface area contributed by atoms with Crippen molar-refractivity contribution in [2.75, 3.05) is 0 Å². The number of imidazole rings is 1. The second kappa shape index (κ2) is 8.38. The van der Waals surface area contributed by atoms with Crippen LogP contribution in [0.1, 0.15) is 57.0 Å². The van der Waals surface area contributed by atoms with Gasteiger partial charge in [0.05, 0.1) is 17.1 Å². The van der Waals surface area contributed by atoms with E-state index in [1.54, 1.807) is 0 Å². The van der Waals surface area contributed by atoms with Gasteiger partial charge in [-0.3, -0.25) is 4.79 Å². The molecule has 0 radical (unpaired) electrons. The number of fused-ring (bicyclic) bond motifs is 1. The number of carbonyl (C=O) groups is 1. The Balaban J connectivity index is 1.72. The zero-order chi connectivity index (χ0) is 22.1. The zero-order valence-corrected chi connectivity index (χ0v) is 18.9. The summed E-state index contributed by atoms with van der Waals surface area (Å²) in [6.45, 7) is 11.2. The molecule has 4 heteroatoms. The average Bonchev–Trinajstić information content (AvgIpc) is 3.09. The number of nitrogens with one attached hydrogen (secondary N) is 1. The van der Waals surface area contributed by atoms with Gasteiger partial charge in [0.2, 0.25) is 0 Å². The molecule has 0 saturated carbocycles. The van der Waals surface area contributed by atoms with Gasteiger partial charge in [-0.25, -0.2) is 4.98 Å². The molecular formula is C27H29N3O. The minimum atomic E-state index is -0.230. The Morgan fingerprint density at radius 3 is 2.35 bits per heavy atom. The molecule has 0 aliphatic heterocycles. The maximum atomic E-state index is 12.9. The van der Waals surface area contributed by atoms with E-state index in [9.17, 15) is 4.79 Å². The predicted molar refractivity (Wildman–Crippen MR) is 127 cm³/mol. The fourth-order valence-electron chi connectivity index (χ4n) is 4.34. The molecule has 0 bridgehead atoms. The Bertz CT molecular complexity index is 1250. The number of aromatic nitrogens is 2. The van der Waals surface area contributed by atoms with Crippen molar-refractivity contribution in [3.05, 3.63) is 99.9 Å². The quantitative estimate of drug-likeness (QED) is 0.450. The SMILES string of the molecule is Cc1cccc(C(=O)NC(C)c2nc3ccccc3n2Cc2c(C)cc(C)cc2C)c1. The highest BCUT2D eigenvalue weighted by atomic mass is 16.1.